The van der Waals surface area contributed by atoms with Gasteiger partial charge in [0.25, 0.3) is 6.71 Å². The molecule has 22 rings (SSSR count). The molecule has 0 aliphatic carbocycles. The molecule has 0 amide bonds. The normalized spacial score (nSPS) is 16.3. The fraction of sp³-hybridized carbons (Fsp3) is 0.151. The largest absolute Gasteiger partial charge is 0.452 e. The molecule has 0 atom stereocenters. The van der Waals surface area contributed by atoms with Crippen LogP contribution in [0, 0.1) is 0 Å². The van der Waals surface area contributed by atoms with Gasteiger partial charge >= 0.3 is 0 Å². The Morgan fingerprint density at radius 2 is 0.544 bits per heavy atom. The first-order valence-electron chi connectivity index (χ1n) is 50.4. The summed E-state index contributed by atoms with van der Waals surface area (Å²) in [5.41, 5.74) is 11.7. The Kier molecular flexibility index (Phi) is 10.1. The van der Waals surface area contributed by atoms with Gasteiger partial charge < -0.3 is 32.3 Å². The molecule has 550 valence electrons. The molecule has 8 heteroatoms. The van der Waals surface area contributed by atoms with Crippen LogP contribution in [-0.4, -0.2) is 20.4 Å². The summed E-state index contributed by atoms with van der Waals surface area (Å²) in [7, 11) is 0. The van der Waals surface area contributed by atoms with E-state index < -0.39 is 163 Å². The van der Waals surface area contributed by atoms with Crippen molar-refractivity contribution in [1.82, 2.24) is 13.7 Å². The maximum atomic E-state index is 9.93. The number of aromatic nitrogens is 3. The van der Waals surface area contributed by atoms with Crippen LogP contribution in [0.25, 0.3) is 149 Å². The van der Waals surface area contributed by atoms with Crippen LogP contribution in [0.5, 0.6) is 0 Å². The van der Waals surface area contributed by atoms with Crippen LogP contribution < -0.4 is 26.2 Å². The van der Waals surface area contributed by atoms with E-state index in [0.29, 0.717) is 77.7 Å². The SMILES string of the molecule is [2H]c1c([2H])c([2H])c2c(c1[2H])c1c([2H])c([2H])c([2H])c([2H])c1n2-c1ccc2c(c1)N(c1cccc3c1oc1c(-n4c5c([2H])c([2H])c([2H])c([2H])c5c5c([2H])c([2H])c([2H])c([2H])c54)cccc13)c1cc(-c3cc(C(C)(C)C)cc(C(C)(C)C)c3)cc3c1B2c1ccc(-c2cc(C(C)(C)C)cc(C(C)(C)C)c2)cc1N3c1cccc2c1oc1c(-n3c4c([2H])c([2H])c([2H])c([2H])c4c4c([2H])c([2H])c([2H])c([2H])c43)cccc12. The second-order valence-corrected chi connectivity index (χ2v) is 34.3. The van der Waals surface area contributed by atoms with E-state index in [1.54, 1.807) is 30.3 Å². The van der Waals surface area contributed by atoms with Gasteiger partial charge in [-0.2, -0.15) is 0 Å². The van der Waals surface area contributed by atoms with E-state index in [0.717, 1.165) is 44.4 Å². The van der Waals surface area contributed by atoms with Gasteiger partial charge in [-0.25, -0.2) is 0 Å². The van der Waals surface area contributed by atoms with E-state index in [4.69, 9.17) is 22.5 Å². The zero-order chi connectivity index (χ0) is 98.2. The summed E-state index contributed by atoms with van der Waals surface area (Å²) < 4.78 is 245. The number of anilines is 6. The summed E-state index contributed by atoms with van der Waals surface area (Å²) in [6.45, 7) is 25.3. The molecule has 0 unspecified atom stereocenters. The topological polar surface area (TPSA) is 47.6 Å². The van der Waals surface area contributed by atoms with Crippen molar-refractivity contribution in [3.05, 3.63) is 325 Å². The standard InChI is InChI=1S/C106H86BN5O2/c1-103(2,3)67-53-64(54-68(60-67)104(4,5)6)63-49-51-82-94(57-63)111(92-47-27-37-80-78-35-25-45-90(99(78)113-101(80)92)109-86-41-21-15-31-74(86)75-32-16-22-42-87(75)109)96-58-66(65-55-69(105(7,8)9)61-70(56-65)106(10,11)12)59-97-98(96)107(82)83-52-50-71(108-84-39-19-13-29-72(84)73-30-14-20-40-85(73)108)62-95(83)112(97)93-48-28-38-81-79-36-26-46-91(100(79)114-102(81)93)110-88-43-23-17-33-76(88)77-34-18-24-44-89(77)110/h13-62H,1-12H3/i13D,14D,15D,16D,17D,18D,19D,20D,21D,22D,23D,24D,29D,30D,31D,32D,33D,34D,39D,40D,41D,42D,43D,44D. The van der Waals surface area contributed by atoms with Crippen molar-refractivity contribution in [3.63, 3.8) is 0 Å². The predicted molar refractivity (Wildman–Crippen MR) is 484 cm³/mol. The molecule has 0 N–H and O–H groups in total. The van der Waals surface area contributed by atoms with Gasteiger partial charge in [0.15, 0.2) is 22.3 Å². The van der Waals surface area contributed by atoms with E-state index >= 15 is 0 Å². The molecular weight excluding hydrogens is 1390 g/mol. The molecule has 7 nitrogen and oxygen atoms in total. The lowest BCUT2D eigenvalue weighted by atomic mass is 9.33. The van der Waals surface area contributed by atoms with Crippen LogP contribution >= 0.6 is 0 Å². The lowest BCUT2D eigenvalue weighted by Crippen LogP contribution is -2.61. The molecule has 0 bridgehead atoms. The maximum absolute atomic E-state index is 9.93. The summed E-state index contributed by atoms with van der Waals surface area (Å²) in [6.07, 6.45) is 0. The number of fused-ring (bicyclic) bond motifs is 19. The third-order valence-corrected chi connectivity index (χ3v) is 23.3. The summed E-state index contributed by atoms with van der Waals surface area (Å²) in [6, 6.07) is 38.2. The Hall–Kier alpha value is -13.0. The highest BCUT2D eigenvalue weighted by Crippen LogP contribution is 2.54. The third kappa shape index (κ3) is 10.1. The molecule has 0 spiro atoms. The van der Waals surface area contributed by atoms with E-state index in [1.165, 1.54) is 13.7 Å². The van der Waals surface area contributed by atoms with E-state index in [2.05, 4.69) is 160 Å². The average Bonchev–Trinajstić information content (AvgIpc) is 1.22. The molecule has 20 aromatic rings. The van der Waals surface area contributed by atoms with Gasteiger partial charge in [0.2, 0.25) is 0 Å². The molecule has 0 saturated heterocycles. The monoisotopic (exact) mass is 1500 g/mol. The van der Waals surface area contributed by atoms with Crippen molar-refractivity contribution in [2.45, 2.75) is 105 Å². The molecule has 15 aromatic carbocycles. The Morgan fingerprint density at radius 1 is 0.254 bits per heavy atom. The minimum absolute atomic E-state index is 0.106. The summed E-state index contributed by atoms with van der Waals surface area (Å²) in [5.74, 6) is 0. The minimum atomic E-state index is -0.818. The minimum Gasteiger partial charge on any atom is -0.452 e. The molecule has 0 fully saturated rings. The highest BCUT2D eigenvalue weighted by Gasteiger charge is 2.46. The van der Waals surface area contributed by atoms with Gasteiger partial charge in [0, 0.05) is 82.3 Å². The zero-order valence-corrected chi connectivity index (χ0v) is 64.6. The van der Waals surface area contributed by atoms with E-state index in [1.807, 2.05) is 60.7 Å². The van der Waals surface area contributed by atoms with Crippen molar-refractivity contribution >= 4 is 167 Å². The molecule has 7 heterocycles. The van der Waals surface area contributed by atoms with Crippen molar-refractivity contribution in [2.24, 2.45) is 0 Å². The number of nitrogens with zero attached hydrogens (tertiary/aromatic N) is 5. The van der Waals surface area contributed by atoms with Crippen LogP contribution in [0.2, 0.25) is 0 Å². The molecule has 114 heavy (non-hydrogen) atoms. The molecule has 2 aliphatic heterocycles. The van der Waals surface area contributed by atoms with E-state index in [-0.39, 0.29) is 110 Å². The quantitative estimate of drug-likeness (QED) is 0.149. The maximum Gasteiger partial charge on any atom is 0.252 e. The first kappa shape index (κ1) is 47.4. The smallest absolute Gasteiger partial charge is 0.252 e. The molecule has 2 aliphatic rings. The van der Waals surface area contributed by atoms with Crippen molar-refractivity contribution in [3.8, 4) is 39.3 Å². The number of hydrogen-bond acceptors (Lipinski definition) is 4. The number of furan rings is 2. The molecule has 0 saturated carbocycles. The number of rotatable bonds is 7. The zero-order valence-electron chi connectivity index (χ0n) is 88.6. The van der Waals surface area contributed by atoms with Crippen molar-refractivity contribution in [2.75, 3.05) is 9.80 Å². The highest BCUT2D eigenvalue weighted by atomic mass is 16.3. The number of para-hydroxylation sites is 10. The summed E-state index contributed by atoms with van der Waals surface area (Å²) >= 11 is 0. The lowest BCUT2D eigenvalue weighted by Gasteiger charge is -2.44. The van der Waals surface area contributed by atoms with Gasteiger partial charge in [-0.15, -0.1) is 0 Å². The number of hydrogen-bond donors (Lipinski definition) is 0. The van der Waals surface area contributed by atoms with Crippen LogP contribution in [0.3, 0.4) is 0 Å². The van der Waals surface area contributed by atoms with Crippen LogP contribution in [0.4, 0.5) is 34.1 Å². The second-order valence-electron chi connectivity index (χ2n) is 34.3. The molecular formula is C106H86BN5O2. The van der Waals surface area contributed by atoms with Crippen LogP contribution in [0.15, 0.2) is 312 Å². The Labute approximate surface area is 697 Å². The van der Waals surface area contributed by atoms with Crippen molar-refractivity contribution in [1.29, 1.82) is 0 Å². The predicted octanol–water partition coefficient (Wildman–Crippen LogP) is 27.4. The first-order valence-corrected chi connectivity index (χ1v) is 38.4. The molecule has 0 radical (unpaired) electrons. The summed E-state index contributed by atoms with van der Waals surface area (Å²) in [4.78, 5) is 4.28. The Balaban J connectivity index is 0.917. The van der Waals surface area contributed by atoms with Gasteiger partial charge in [0.05, 0.1) is 88.7 Å². The fourth-order valence-electron chi connectivity index (χ4n) is 17.6. The van der Waals surface area contributed by atoms with Crippen molar-refractivity contribution < 1.29 is 41.7 Å². The van der Waals surface area contributed by atoms with Crippen LogP contribution in [-0.2, 0) is 21.7 Å². The second kappa shape index (κ2) is 24.2. The fourth-order valence-corrected chi connectivity index (χ4v) is 17.6. The molecule has 5 aromatic heterocycles. The van der Waals surface area contributed by atoms with Crippen LogP contribution in [0.1, 0.15) is 138 Å². The highest BCUT2D eigenvalue weighted by molar-refractivity contribution is 7.00. The first-order chi connectivity index (χ1) is 65.0. The Morgan fingerprint density at radius 3 is 0.904 bits per heavy atom. The number of benzene rings is 15. The van der Waals surface area contributed by atoms with Gasteiger partial charge in [-0.05, 0) is 173 Å². The lowest BCUT2D eigenvalue weighted by molar-refractivity contribution is 0.568. The van der Waals surface area contributed by atoms with Gasteiger partial charge in [0.1, 0.15) is 0 Å². The summed E-state index contributed by atoms with van der Waals surface area (Å²) in [5, 5.41) is 1.27. The average molecular weight is 1500 g/mol. The van der Waals surface area contributed by atoms with Gasteiger partial charge in [-0.3, -0.25) is 0 Å². The van der Waals surface area contributed by atoms with E-state index in [9.17, 15) is 19.2 Å². The van der Waals surface area contributed by atoms with Gasteiger partial charge in [-0.1, -0.05) is 295 Å². The Bertz CT molecular complexity index is 8750. The third-order valence-electron chi connectivity index (χ3n) is 23.3.